The largest absolute Gasteiger partial charge is 0.326 e. The summed E-state index contributed by atoms with van der Waals surface area (Å²) in [6, 6.07) is 10.8. The van der Waals surface area contributed by atoms with Crippen LogP contribution in [0.1, 0.15) is 12.8 Å². The molecule has 112 valence electrons. The van der Waals surface area contributed by atoms with Gasteiger partial charge in [0.1, 0.15) is 0 Å². The lowest BCUT2D eigenvalue weighted by Crippen LogP contribution is -2.38. The van der Waals surface area contributed by atoms with Gasteiger partial charge in [-0.2, -0.15) is 0 Å². The summed E-state index contributed by atoms with van der Waals surface area (Å²) in [6.45, 7) is 0.297. The van der Waals surface area contributed by atoms with E-state index in [2.05, 4.69) is 20.7 Å². The van der Waals surface area contributed by atoms with Gasteiger partial charge in [-0.3, -0.25) is 0 Å². The van der Waals surface area contributed by atoms with E-state index < -0.39 is 10.0 Å². The number of fused-ring (bicyclic) bond motifs is 1. The van der Waals surface area contributed by atoms with E-state index in [0.717, 1.165) is 28.1 Å². The Hall–Kier alpha value is -0.950. The molecule has 0 spiro atoms. The molecule has 0 heterocycles. The van der Waals surface area contributed by atoms with Crippen LogP contribution in [0.15, 0.2) is 45.8 Å². The maximum atomic E-state index is 12.3. The molecule has 1 unspecified atom stereocenters. The van der Waals surface area contributed by atoms with Crippen LogP contribution in [-0.4, -0.2) is 21.0 Å². The second-order valence-corrected chi connectivity index (χ2v) is 8.19. The van der Waals surface area contributed by atoms with Crippen LogP contribution in [0.25, 0.3) is 10.8 Å². The standard InChI is InChI=1S/C15H17BrN2O2S/c16-13-5-3-12-8-14(6-4-11(12)7-13)21(19,20)18-9-15(17)10-1-2-10/h3-8,10,15,18H,1-2,9,17H2. The topological polar surface area (TPSA) is 72.2 Å². The molecular formula is C15H17BrN2O2S. The average Bonchev–Trinajstić information content (AvgIpc) is 3.29. The van der Waals surface area contributed by atoms with Crippen molar-refractivity contribution in [2.45, 2.75) is 23.8 Å². The Kier molecular flexibility index (Phi) is 4.05. The van der Waals surface area contributed by atoms with Gasteiger partial charge in [0.25, 0.3) is 0 Å². The van der Waals surface area contributed by atoms with Crippen molar-refractivity contribution in [3.05, 3.63) is 40.9 Å². The highest BCUT2D eigenvalue weighted by molar-refractivity contribution is 9.10. The third kappa shape index (κ3) is 3.45. The van der Waals surface area contributed by atoms with E-state index in [1.165, 1.54) is 0 Å². The van der Waals surface area contributed by atoms with Crippen molar-refractivity contribution in [3.63, 3.8) is 0 Å². The van der Waals surface area contributed by atoms with Gasteiger partial charge in [-0.25, -0.2) is 13.1 Å². The third-order valence-corrected chi connectivity index (χ3v) is 5.74. The normalized spacial score (nSPS) is 17.0. The third-order valence-electron chi connectivity index (χ3n) is 3.82. The molecule has 1 fully saturated rings. The summed E-state index contributed by atoms with van der Waals surface area (Å²) < 4.78 is 28.2. The number of halogens is 1. The Morgan fingerprint density at radius 1 is 1.19 bits per heavy atom. The number of nitrogens with one attached hydrogen (secondary N) is 1. The Morgan fingerprint density at radius 3 is 2.57 bits per heavy atom. The molecule has 3 N–H and O–H groups in total. The molecule has 1 atom stereocenters. The summed E-state index contributed by atoms with van der Waals surface area (Å²) >= 11 is 3.41. The van der Waals surface area contributed by atoms with Gasteiger partial charge < -0.3 is 5.73 Å². The van der Waals surface area contributed by atoms with Crippen molar-refractivity contribution >= 4 is 36.7 Å². The number of benzene rings is 2. The maximum absolute atomic E-state index is 12.3. The molecule has 0 radical (unpaired) electrons. The molecule has 1 aliphatic carbocycles. The Balaban J connectivity index is 1.82. The van der Waals surface area contributed by atoms with E-state index in [0.29, 0.717) is 12.5 Å². The lowest BCUT2D eigenvalue weighted by atomic mass is 10.1. The van der Waals surface area contributed by atoms with Crippen LogP contribution in [0.3, 0.4) is 0 Å². The molecule has 0 amide bonds. The van der Waals surface area contributed by atoms with Crippen LogP contribution in [0.5, 0.6) is 0 Å². The smallest absolute Gasteiger partial charge is 0.240 e. The molecule has 3 rings (SSSR count). The molecular weight excluding hydrogens is 352 g/mol. The fraction of sp³-hybridized carbons (Fsp3) is 0.333. The van der Waals surface area contributed by atoms with Crippen LogP contribution >= 0.6 is 15.9 Å². The van der Waals surface area contributed by atoms with Crippen molar-refractivity contribution < 1.29 is 8.42 Å². The Morgan fingerprint density at radius 2 is 1.86 bits per heavy atom. The van der Waals surface area contributed by atoms with Crippen molar-refractivity contribution in [3.8, 4) is 0 Å². The maximum Gasteiger partial charge on any atom is 0.240 e. The highest BCUT2D eigenvalue weighted by atomic mass is 79.9. The zero-order valence-electron chi connectivity index (χ0n) is 11.4. The molecule has 2 aromatic carbocycles. The zero-order chi connectivity index (χ0) is 15.0. The summed E-state index contributed by atoms with van der Waals surface area (Å²) in [5.74, 6) is 0.474. The van der Waals surface area contributed by atoms with Crippen molar-refractivity contribution in [1.29, 1.82) is 0 Å². The molecule has 0 saturated heterocycles. The minimum Gasteiger partial charge on any atom is -0.326 e. The van der Waals surface area contributed by atoms with Gasteiger partial charge in [0.15, 0.2) is 0 Å². The predicted octanol–water partition coefficient (Wildman–Crippen LogP) is 2.62. The highest BCUT2D eigenvalue weighted by Crippen LogP contribution is 2.31. The molecule has 1 saturated carbocycles. The van der Waals surface area contributed by atoms with Crippen LogP contribution < -0.4 is 10.5 Å². The minimum atomic E-state index is -3.50. The van der Waals surface area contributed by atoms with E-state index in [9.17, 15) is 8.42 Å². The Bertz CT molecular complexity index is 772. The van der Waals surface area contributed by atoms with Crippen molar-refractivity contribution in [1.82, 2.24) is 4.72 Å². The molecule has 0 aromatic heterocycles. The summed E-state index contributed by atoms with van der Waals surface area (Å²) in [7, 11) is -3.50. The van der Waals surface area contributed by atoms with Gasteiger partial charge in [-0.05, 0) is 53.8 Å². The average molecular weight is 369 g/mol. The predicted molar refractivity (Wildman–Crippen MR) is 87.5 cm³/mol. The first-order chi connectivity index (χ1) is 9.95. The second kappa shape index (κ2) is 5.68. The molecule has 2 aromatic rings. The van der Waals surface area contributed by atoms with E-state index >= 15 is 0 Å². The lowest BCUT2D eigenvalue weighted by molar-refractivity contribution is 0.548. The first-order valence-corrected chi connectivity index (χ1v) is 9.18. The fourth-order valence-electron chi connectivity index (χ4n) is 2.34. The summed E-state index contributed by atoms with van der Waals surface area (Å²) in [5.41, 5.74) is 5.94. The molecule has 21 heavy (non-hydrogen) atoms. The molecule has 6 heteroatoms. The molecule has 0 bridgehead atoms. The molecule has 4 nitrogen and oxygen atoms in total. The van der Waals surface area contributed by atoms with Crippen LogP contribution in [0.4, 0.5) is 0 Å². The van der Waals surface area contributed by atoms with Crippen molar-refractivity contribution in [2.75, 3.05) is 6.54 Å². The summed E-state index contributed by atoms with van der Waals surface area (Å²) in [6.07, 6.45) is 2.21. The van der Waals surface area contributed by atoms with E-state index in [4.69, 9.17) is 5.73 Å². The lowest BCUT2D eigenvalue weighted by Gasteiger charge is -2.12. The Labute approximate surface area is 132 Å². The van der Waals surface area contributed by atoms with Gasteiger partial charge in [-0.15, -0.1) is 0 Å². The van der Waals surface area contributed by atoms with E-state index in [1.54, 1.807) is 12.1 Å². The summed E-state index contributed by atoms with van der Waals surface area (Å²) in [5, 5.41) is 1.89. The van der Waals surface area contributed by atoms with Crippen molar-refractivity contribution in [2.24, 2.45) is 11.7 Å². The number of nitrogens with two attached hydrogens (primary N) is 1. The van der Waals surface area contributed by atoms with E-state index in [1.807, 2.05) is 24.3 Å². The SMILES string of the molecule is NC(CNS(=O)(=O)c1ccc2cc(Br)ccc2c1)C1CC1. The minimum absolute atomic E-state index is 0.0869. The van der Waals surface area contributed by atoms with Crippen LogP contribution in [0, 0.1) is 5.92 Å². The number of sulfonamides is 1. The van der Waals surface area contributed by atoms with Crippen LogP contribution in [-0.2, 0) is 10.0 Å². The first-order valence-electron chi connectivity index (χ1n) is 6.90. The zero-order valence-corrected chi connectivity index (χ0v) is 13.8. The number of hydrogen-bond donors (Lipinski definition) is 2. The highest BCUT2D eigenvalue weighted by Gasteiger charge is 2.29. The van der Waals surface area contributed by atoms with Gasteiger partial charge >= 0.3 is 0 Å². The molecule has 0 aliphatic heterocycles. The summed E-state index contributed by atoms with van der Waals surface area (Å²) in [4.78, 5) is 0.278. The van der Waals surface area contributed by atoms with Gasteiger partial charge in [0.2, 0.25) is 10.0 Å². The monoisotopic (exact) mass is 368 g/mol. The molecule has 1 aliphatic rings. The number of hydrogen-bond acceptors (Lipinski definition) is 3. The second-order valence-electron chi connectivity index (χ2n) is 5.51. The van der Waals surface area contributed by atoms with Gasteiger partial charge in [0.05, 0.1) is 4.90 Å². The fourth-order valence-corrected chi connectivity index (χ4v) is 3.83. The van der Waals surface area contributed by atoms with Crippen LogP contribution in [0.2, 0.25) is 0 Å². The van der Waals surface area contributed by atoms with Gasteiger partial charge in [0, 0.05) is 17.1 Å². The van der Waals surface area contributed by atoms with E-state index in [-0.39, 0.29) is 10.9 Å². The first kappa shape index (κ1) is 15.0. The quantitative estimate of drug-likeness (QED) is 0.851. The number of rotatable bonds is 5. The van der Waals surface area contributed by atoms with Gasteiger partial charge in [-0.1, -0.05) is 28.1 Å².